The van der Waals surface area contributed by atoms with Crippen LogP contribution in [0.2, 0.25) is 0 Å². The lowest BCUT2D eigenvalue weighted by atomic mass is 10.0. The largest absolute Gasteiger partial charge is 0.481 e. The zero-order valence-corrected chi connectivity index (χ0v) is 26.9. The van der Waals surface area contributed by atoms with Gasteiger partial charge in [-0.25, -0.2) is 0 Å². The molecule has 0 heterocycles. The van der Waals surface area contributed by atoms with Crippen molar-refractivity contribution >= 4 is 11.9 Å². The Morgan fingerprint density at radius 1 is 0.525 bits per heavy atom. The number of unbranched alkanes of at least 4 members (excludes halogenated alkanes) is 21. The van der Waals surface area contributed by atoms with E-state index in [1.165, 1.54) is 109 Å². The van der Waals surface area contributed by atoms with Gasteiger partial charge in [0.2, 0.25) is 0 Å². The fourth-order valence-electron chi connectivity index (χ4n) is 5.34. The molecule has 236 valence electrons. The third-order valence-electron chi connectivity index (χ3n) is 7.99. The molecule has 1 atom stereocenters. The Morgan fingerprint density at radius 2 is 0.925 bits per heavy atom. The Kier molecular flexibility index (Phi) is 31.1. The van der Waals surface area contributed by atoms with Gasteiger partial charge in [0.25, 0.3) is 0 Å². The molecule has 0 aromatic rings. The normalized spacial score (nSPS) is 12.2. The van der Waals surface area contributed by atoms with Crippen molar-refractivity contribution in [1.29, 1.82) is 0 Å². The summed E-state index contributed by atoms with van der Waals surface area (Å²) in [5, 5.41) is 8.68. The fraction of sp³-hybridized carbons (Fsp3) is 0.889. The third kappa shape index (κ3) is 31.2. The topological polar surface area (TPSA) is 63.6 Å². The van der Waals surface area contributed by atoms with Crippen LogP contribution >= 0.6 is 0 Å². The van der Waals surface area contributed by atoms with Gasteiger partial charge in [-0.15, -0.1) is 0 Å². The number of hydrogen-bond donors (Lipinski definition) is 1. The number of esters is 1. The van der Waals surface area contributed by atoms with Gasteiger partial charge in [0.05, 0.1) is 0 Å². The highest BCUT2D eigenvalue weighted by molar-refractivity contribution is 5.69. The molecule has 40 heavy (non-hydrogen) atoms. The first-order chi connectivity index (χ1) is 19.6. The van der Waals surface area contributed by atoms with Crippen LogP contribution in [-0.4, -0.2) is 23.1 Å². The van der Waals surface area contributed by atoms with Crippen molar-refractivity contribution in [2.45, 2.75) is 206 Å². The quantitative estimate of drug-likeness (QED) is 0.0501. The van der Waals surface area contributed by atoms with Crippen molar-refractivity contribution in [3.8, 4) is 0 Å². The minimum Gasteiger partial charge on any atom is -0.481 e. The van der Waals surface area contributed by atoms with Gasteiger partial charge in [-0.1, -0.05) is 142 Å². The summed E-state index contributed by atoms with van der Waals surface area (Å²) >= 11 is 0. The number of carbonyl (C=O) groups excluding carboxylic acids is 1. The summed E-state index contributed by atoms with van der Waals surface area (Å²) in [5.74, 6) is -0.674. The first-order valence-electron chi connectivity index (χ1n) is 17.7. The van der Waals surface area contributed by atoms with E-state index in [1.807, 2.05) is 0 Å². The van der Waals surface area contributed by atoms with Crippen LogP contribution in [0.25, 0.3) is 0 Å². The molecule has 4 heteroatoms. The Morgan fingerprint density at radius 3 is 1.43 bits per heavy atom. The standard InChI is InChI=1S/C36H68O4/c1-3-5-7-8-9-10-11-12-13-14-15-16-17-18-23-26-29-33-36(39)40-34(30-6-4-2)31-27-24-21-19-20-22-25-28-32-35(37)38/h12-13,34H,3-11,14-33H2,1-2H3,(H,37,38)/b13-12-. The highest BCUT2D eigenvalue weighted by atomic mass is 16.5. The number of aliphatic carboxylic acids is 1. The van der Waals surface area contributed by atoms with Gasteiger partial charge in [0, 0.05) is 12.8 Å². The second-order valence-corrected chi connectivity index (χ2v) is 12.1. The van der Waals surface area contributed by atoms with Crippen LogP contribution in [0.5, 0.6) is 0 Å². The molecule has 1 unspecified atom stereocenters. The van der Waals surface area contributed by atoms with Gasteiger partial charge >= 0.3 is 11.9 Å². The van der Waals surface area contributed by atoms with Gasteiger partial charge < -0.3 is 9.84 Å². The number of carbonyl (C=O) groups is 2. The number of carboxylic acid groups (broad SMARTS) is 1. The average molecular weight is 565 g/mol. The van der Waals surface area contributed by atoms with Gasteiger partial charge in [0.15, 0.2) is 0 Å². The summed E-state index contributed by atoms with van der Waals surface area (Å²) in [6, 6.07) is 0. The Hall–Kier alpha value is -1.32. The molecule has 0 fully saturated rings. The summed E-state index contributed by atoms with van der Waals surface area (Å²) in [6.07, 6.45) is 38.4. The molecule has 1 N–H and O–H groups in total. The summed E-state index contributed by atoms with van der Waals surface area (Å²) in [5.41, 5.74) is 0. The van der Waals surface area contributed by atoms with Crippen LogP contribution in [-0.2, 0) is 14.3 Å². The number of rotatable bonds is 32. The van der Waals surface area contributed by atoms with E-state index in [4.69, 9.17) is 9.84 Å². The van der Waals surface area contributed by atoms with Gasteiger partial charge in [-0.05, 0) is 57.8 Å². The second kappa shape index (κ2) is 32.2. The first-order valence-corrected chi connectivity index (χ1v) is 17.7. The average Bonchev–Trinajstić information content (AvgIpc) is 2.94. The molecule has 0 saturated heterocycles. The number of allylic oxidation sites excluding steroid dienone is 2. The molecular weight excluding hydrogens is 496 g/mol. The van der Waals surface area contributed by atoms with E-state index in [-0.39, 0.29) is 12.1 Å². The van der Waals surface area contributed by atoms with Crippen molar-refractivity contribution in [3.63, 3.8) is 0 Å². The van der Waals surface area contributed by atoms with Crippen LogP contribution in [0.4, 0.5) is 0 Å². The van der Waals surface area contributed by atoms with Gasteiger partial charge in [-0.2, -0.15) is 0 Å². The lowest BCUT2D eigenvalue weighted by molar-refractivity contribution is -0.150. The van der Waals surface area contributed by atoms with E-state index in [0.29, 0.717) is 12.8 Å². The highest BCUT2D eigenvalue weighted by Crippen LogP contribution is 2.18. The van der Waals surface area contributed by atoms with Crippen LogP contribution in [0.1, 0.15) is 200 Å². The molecule has 0 radical (unpaired) electrons. The smallest absolute Gasteiger partial charge is 0.306 e. The molecule has 0 aromatic carbocycles. The van der Waals surface area contributed by atoms with Crippen molar-refractivity contribution < 1.29 is 19.4 Å². The molecule has 0 saturated carbocycles. The van der Waals surface area contributed by atoms with Crippen molar-refractivity contribution in [2.24, 2.45) is 0 Å². The summed E-state index contributed by atoms with van der Waals surface area (Å²) < 4.78 is 5.88. The van der Waals surface area contributed by atoms with Crippen LogP contribution in [0.3, 0.4) is 0 Å². The number of hydrogen-bond acceptors (Lipinski definition) is 3. The fourth-order valence-corrected chi connectivity index (χ4v) is 5.34. The lowest BCUT2D eigenvalue weighted by Gasteiger charge is -2.18. The monoisotopic (exact) mass is 565 g/mol. The predicted molar refractivity (Wildman–Crippen MR) is 172 cm³/mol. The van der Waals surface area contributed by atoms with E-state index in [1.54, 1.807) is 0 Å². The summed E-state index contributed by atoms with van der Waals surface area (Å²) in [7, 11) is 0. The SMILES string of the molecule is CCCCCCCC/C=C\CCCCCCCCCC(=O)OC(CCCC)CCCCCCCCCCC(=O)O. The summed E-state index contributed by atoms with van der Waals surface area (Å²) in [4.78, 5) is 23.0. The lowest BCUT2D eigenvalue weighted by Crippen LogP contribution is -2.18. The Bertz CT molecular complexity index is 571. The molecule has 0 aliphatic rings. The van der Waals surface area contributed by atoms with Crippen molar-refractivity contribution in [3.05, 3.63) is 12.2 Å². The zero-order valence-electron chi connectivity index (χ0n) is 26.9. The van der Waals surface area contributed by atoms with E-state index in [9.17, 15) is 9.59 Å². The molecule has 0 aliphatic carbocycles. The maximum Gasteiger partial charge on any atom is 0.306 e. The second-order valence-electron chi connectivity index (χ2n) is 12.1. The Balaban J connectivity index is 3.64. The number of carboxylic acids is 1. The molecule has 0 bridgehead atoms. The molecule has 0 aliphatic heterocycles. The van der Waals surface area contributed by atoms with E-state index >= 15 is 0 Å². The maximum atomic E-state index is 12.4. The first kappa shape index (κ1) is 38.7. The summed E-state index contributed by atoms with van der Waals surface area (Å²) in [6.45, 7) is 4.47. The molecule has 4 nitrogen and oxygen atoms in total. The zero-order chi connectivity index (χ0) is 29.4. The Labute approximate surface area is 249 Å². The van der Waals surface area contributed by atoms with Gasteiger partial charge in [0.1, 0.15) is 6.10 Å². The minimum atomic E-state index is -0.684. The van der Waals surface area contributed by atoms with E-state index in [2.05, 4.69) is 26.0 Å². The van der Waals surface area contributed by atoms with Crippen molar-refractivity contribution in [2.75, 3.05) is 0 Å². The molecule has 0 amide bonds. The predicted octanol–water partition coefficient (Wildman–Crippen LogP) is 11.9. The van der Waals surface area contributed by atoms with Crippen LogP contribution in [0, 0.1) is 0 Å². The minimum absolute atomic E-state index is 0.00945. The third-order valence-corrected chi connectivity index (χ3v) is 7.99. The van der Waals surface area contributed by atoms with Crippen molar-refractivity contribution in [1.82, 2.24) is 0 Å². The van der Waals surface area contributed by atoms with E-state index in [0.717, 1.165) is 64.2 Å². The van der Waals surface area contributed by atoms with E-state index < -0.39 is 5.97 Å². The molecule has 0 rings (SSSR count). The molecule has 0 spiro atoms. The van der Waals surface area contributed by atoms with Crippen LogP contribution in [0.15, 0.2) is 12.2 Å². The van der Waals surface area contributed by atoms with Gasteiger partial charge in [-0.3, -0.25) is 9.59 Å². The van der Waals surface area contributed by atoms with Crippen LogP contribution < -0.4 is 0 Å². The molecule has 0 aromatic heterocycles. The number of ether oxygens (including phenoxy) is 1. The highest BCUT2D eigenvalue weighted by Gasteiger charge is 2.13. The molecular formula is C36H68O4. The maximum absolute atomic E-state index is 12.4.